The molecule has 3 rings (SSSR count). The Labute approximate surface area is 187 Å². The van der Waals surface area contributed by atoms with Gasteiger partial charge >= 0.3 is 0 Å². The summed E-state index contributed by atoms with van der Waals surface area (Å²) < 4.78 is 0. The molecule has 0 bridgehead atoms. The summed E-state index contributed by atoms with van der Waals surface area (Å²) in [4.78, 5) is 25.9. The fourth-order valence-electron chi connectivity index (χ4n) is 3.75. The summed E-state index contributed by atoms with van der Waals surface area (Å²) in [5.41, 5.74) is 8.42. The maximum absolute atomic E-state index is 12.3. The van der Waals surface area contributed by atoms with Crippen LogP contribution in [0.25, 0.3) is 0 Å². The molecule has 1 aliphatic rings. The van der Waals surface area contributed by atoms with Crippen molar-refractivity contribution in [3.05, 3.63) is 63.6 Å². The van der Waals surface area contributed by atoms with E-state index in [2.05, 4.69) is 16.3 Å². The Balaban J connectivity index is 1.44. The average Bonchev–Trinajstić information content (AvgIpc) is 2.71. The molecule has 1 saturated heterocycles. The van der Waals surface area contributed by atoms with Crippen molar-refractivity contribution in [2.75, 3.05) is 18.4 Å². The van der Waals surface area contributed by atoms with Crippen LogP contribution < -0.4 is 11.1 Å². The number of primary amides is 1. The first kappa shape index (κ1) is 22.6. The Morgan fingerprint density at radius 3 is 2.50 bits per heavy atom. The van der Waals surface area contributed by atoms with Crippen LogP contribution in [0.15, 0.2) is 42.5 Å². The molecule has 5 nitrogen and oxygen atoms in total. The third kappa shape index (κ3) is 6.73. The Kier molecular flexibility index (Phi) is 8.14. The summed E-state index contributed by atoms with van der Waals surface area (Å²) in [7, 11) is 0. The number of halogens is 2. The minimum atomic E-state index is -0.196. The van der Waals surface area contributed by atoms with Crippen molar-refractivity contribution in [3.63, 3.8) is 0 Å². The Morgan fingerprint density at radius 1 is 1.03 bits per heavy atom. The van der Waals surface area contributed by atoms with Gasteiger partial charge in [-0.05, 0) is 74.2 Å². The van der Waals surface area contributed by atoms with Crippen LogP contribution in [0.2, 0.25) is 10.0 Å². The van der Waals surface area contributed by atoms with Gasteiger partial charge in [0.25, 0.3) is 0 Å². The number of carbonyl (C=O) groups is 2. The normalized spacial score (nSPS) is 15.1. The van der Waals surface area contributed by atoms with E-state index < -0.39 is 0 Å². The molecular weight excluding hydrogens is 421 g/mol. The van der Waals surface area contributed by atoms with Crippen molar-refractivity contribution in [2.45, 2.75) is 38.6 Å². The highest BCUT2D eigenvalue weighted by Crippen LogP contribution is 2.23. The van der Waals surface area contributed by atoms with Gasteiger partial charge in [0, 0.05) is 24.6 Å². The molecule has 160 valence electrons. The van der Waals surface area contributed by atoms with Gasteiger partial charge in [-0.25, -0.2) is 0 Å². The van der Waals surface area contributed by atoms with Crippen LogP contribution in [0, 0.1) is 5.92 Å². The lowest BCUT2D eigenvalue weighted by Gasteiger charge is -2.30. The van der Waals surface area contributed by atoms with Crippen molar-refractivity contribution in [1.29, 1.82) is 0 Å². The van der Waals surface area contributed by atoms with E-state index >= 15 is 0 Å². The van der Waals surface area contributed by atoms with E-state index in [0.717, 1.165) is 62.1 Å². The molecule has 30 heavy (non-hydrogen) atoms. The lowest BCUT2D eigenvalue weighted by Crippen LogP contribution is -2.38. The van der Waals surface area contributed by atoms with Gasteiger partial charge in [-0.15, -0.1) is 0 Å². The zero-order valence-electron chi connectivity index (χ0n) is 16.9. The fraction of sp³-hybridized carbons (Fsp3) is 0.391. The van der Waals surface area contributed by atoms with Gasteiger partial charge < -0.3 is 11.1 Å². The molecule has 0 saturated carbocycles. The van der Waals surface area contributed by atoms with E-state index in [-0.39, 0.29) is 17.7 Å². The van der Waals surface area contributed by atoms with E-state index in [0.29, 0.717) is 16.5 Å². The zero-order chi connectivity index (χ0) is 21.5. The topological polar surface area (TPSA) is 75.4 Å². The lowest BCUT2D eigenvalue weighted by atomic mass is 9.96. The van der Waals surface area contributed by atoms with Gasteiger partial charge in [0.15, 0.2) is 0 Å². The highest BCUT2D eigenvalue weighted by Gasteiger charge is 2.23. The second-order valence-electron chi connectivity index (χ2n) is 7.80. The highest BCUT2D eigenvalue weighted by molar-refractivity contribution is 6.42. The second kappa shape index (κ2) is 10.8. The van der Waals surface area contributed by atoms with Crippen LogP contribution in [-0.2, 0) is 22.6 Å². The Hall–Kier alpha value is -2.08. The van der Waals surface area contributed by atoms with Gasteiger partial charge in [-0.3, -0.25) is 14.5 Å². The quantitative estimate of drug-likeness (QED) is 0.617. The summed E-state index contributed by atoms with van der Waals surface area (Å²) in [6.45, 7) is 2.52. The number of hydrogen-bond donors (Lipinski definition) is 2. The zero-order valence-corrected chi connectivity index (χ0v) is 18.4. The molecule has 2 amide bonds. The minimum Gasteiger partial charge on any atom is -0.369 e. The van der Waals surface area contributed by atoms with Gasteiger partial charge in [0.1, 0.15) is 0 Å². The van der Waals surface area contributed by atoms with Crippen molar-refractivity contribution >= 4 is 40.7 Å². The predicted molar refractivity (Wildman–Crippen MR) is 122 cm³/mol. The van der Waals surface area contributed by atoms with Crippen molar-refractivity contribution < 1.29 is 9.59 Å². The molecule has 0 aromatic heterocycles. The van der Waals surface area contributed by atoms with Crippen LogP contribution in [0.1, 0.15) is 36.8 Å². The number of aryl methyl sites for hydroxylation is 1. The SMILES string of the molecule is NC(=O)C1CCN(Cc2cccc(NC(=O)CCCc3ccc(Cl)c(Cl)c3)c2)CC1. The lowest BCUT2D eigenvalue weighted by molar-refractivity contribution is -0.123. The number of nitrogens with one attached hydrogen (secondary N) is 1. The third-order valence-corrected chi connectivity index (χ3v) is 6.20. The predicted octanol–water partition coefficient (Wildman–Crippen LogP) is 4.65. The second-order valence-corrected chi connectivity index (χ2v) is 8.62. The number of nitrogens with two attached hydrogens (primary N) is 1. The molecule has 1 fully saturated rings. The summed E-state index contributed by atoms with van der Waals surface area (Å²) >= 11 is 12.0. The van der Waals surface area contributed by atoms with Gasteiger partial charge in [-0.1, -0.05) is 41.4 Å². The third-order valence-electron chi connectivity index (χ3n) is 5.46. The van der Waals surface area contributed by atoms with E-state index in [4.69, 9.17) is 28.9 Å². The van der Waals surface area contributed by atoms with Crippen molar-refractivity contribution in [3.8, 4) is 0 Å². The van der Waals surface area contributed by atoms with Gasteiger partial charge in [0.2, 0.25) is 11.8 Å². The maximum atomic E-state index is 12.3. The van der Waals surface area contributed by atoms with Crippen LogP contribution in [0.4, 0.5) is 5.69 Å². The summed E-state index contributed by atoms with van der Waals surface area (Å²) in [5.74, 6) is -0.205. The molecule has 2 aromatic rings. The number of carbonyl (C=O) groups excluding carboxylic acids is 2. The molecule has 1 aliphatic heterocycles. The molecule has 2 aromatic carbocycles. The van der Waals surface area contributed by atoms with Gasteiger partial charge in [-0.2, -0.15) is 0 Å². The van der Waals surface area contributed by atoms with E-state index in [1.54, 1.807) is 6.07 Å². The molecule has 0 spiro atoms. The summed E-state index contributed by atoms with van der Waals surface area (Å²) in [6.07, 6.45) is 3.56. The van der Waals surface area contributed by atoms with E-state index in [1.165, 1.54) is 0 Å². The van der Waals surface area contributed by atoms with Crippen LogP contribution in [0.3, 0.4) is 0 Å². The molecule has 0 radical (unpaired) electrons. The van der Waals surface area contributed by atoms with E-state index in [1.807, 2.05) is 30.3 Å². The molecule has 0 aliphatic carbocycles. The van der Waals surface area contributed by atoms with Crippen molar-refractivity contribution in [2.24, 2.45) is 11.7 Å². The molecule has 7 heteroatoms. The van der Waals surface area contributed by atoms with Crippen molar-refractivity contribution in [1.82, 2.24) is 4.90 Å². The average molecular weight is 448 g/mol. The summed E-state index contributed by atoms with van der Waals surface area (Å²) in [5, 5.41) is 4.06. The standard InChI is InChI=1S/C23H27Cl2N3O2/c24-20-8-7-16(14-21(20)25)3-2-6-22(29)27-19-5-1-4-17(13-19)15-28-11-9-18(10-12-28)23(26)30/h1,4-5,7-8,13-14,18H,2-3,6,9-12,15H2,(H2,26,30)(H,27,29). The number of hydrogen-bond acceptors (Lipinski definition) is 3. The van der Waals surface area contributed by atoms with Crippen LogP contribution in [0.5, 0.6) is 0 Å². The maximum Gasteiger partial charge on any atom is 0.224 e. The molecule has 0 unspecified atom stereocenters. The Bertz CT molecular complexity index is 896. The van der Waals surface area contributed by atoms with Crippen LogP contribution in [-0.4, -0.2) is 29.8 Å². The Morgan fingerprint density at radius 2 is 1.80 bits per heavy atom. The highest BCUT2D eigenvalue weighted by atomic mass is 35.5. The molecule has 3 N–H and O–H groups in total. The largest absolute Gasteiger partial charge is 0.369 e. The number of anilines is 1. The monoisotopic (exact) mass is 447 g/mol. The number of benzene rings is 2. The molecule has 1 heterocycles. The smallest absolute Gasteiger partial charge is 0.224 e. The first-order valence-corrected chi connectivity index (χ1v) is 11.0. The number of likely N-dealkylation sites (tertiary alicyclic amines) is 1. The first-order valence-electron chi connectivity index (χ1n) is 10.2. The van der Waals surface area contributed by atoms with Crippen LogP contribution >= 0.6 is 23.2 Å². The number of amides is 2. The molecular formula is C23H27Cl2N3O2. The van der Waals surface area contributed by atoms with Gasteiger partial charge in [0.05, 0.1) is 10.0 Å². The first-order chi connectivity index (χ1) is 14.4. The van der Waals surface area contributed by atoms with E-state index in [9.17, 15) is 9.59 Å². The minimum absolute atomic E-state index is 0.00392. The molecule has 0 atom stereocenters. The fourth-order valence-corrected chi connectivity index (χ4v) is 4.07. The number of piperidine rings is 1. The summed E-state index contributed by atoms with van der Waals surface area (Å²) in [6, 6.07) is 13.5. The number of nitrogens with zero attached hydrogens (tertiary/aromatic N) is 1. The number of rotatable bonds is 8.